The number of halogens is 1. The van der Waals surface area contributed by atoms with Crippen molar-refractivity contribution in [1.29, 1.82) is 0 Å². The highest BCUT2D eigenvalue weighted by Gasteiger charge is 2.33. The van der Waals surface area contributed by atoms with Crippen molar-refractivity contribution in [2.75, 3.05) is 13.1 Å². The molecular weight excluding hydrogens is 359 g/mol. The number of carbonyl (C=O) groups excluding carboxylic acids is 2. The lowest BCUT2D eigenvalue weighted by Crippen LogP contribution is -2.33. The van der Waals surface area contributed by atoms with Crippen molar-refractivity contribution in [1.82, 2.24) is 20.2 Å². The lowest BCUT2D eigenvalue weighted by Gasteiger charge is -2.16. The number of fused-ring (bicyclic) bond motifs is 1. The molecule has 0 unspecified atom stereocenters. The average molecular weight is 380 g/mol. The molecule has 4 rings (SSSR count). The molecule has 2 aromatic heterocycles. The number of aromatic nitrogens is 2. The predicted octanol–water partition coefficient (Wildman–Crippen LogP) is 2.41. The van der Waals surface area contributed by atoms with Gasteiger partial charge in [0.15, 0.2) is 0 Å². The summed E-state index contributed by atoms with van der Waals surface area (Å²) in [5.74, 6) is -0.786. The van der Waals surface area contributed by atoms with Crippen LogP contribution in [0.5, 0.6) is 0 Å². The first-order valence-corrected chi connectivity index (χ1v) is 9.31. The van der Waals surface area contributed by atoms with Gasteiger partial charge >= 0.3 is 0 Å². The van der Waals surface area contributed by atoms with Crippen molar-refractivity contribution >= 4 is 22.7 Å². The van der Waals surface area contributed by atoms with Crippen molar-refractivity contribution in [2.45, 2.75) is 19.4 Å². The zero-order valence-corrected chi connectivity index (χ0v) is 15.3. The van der Waals surface area contributed by atoms with Crippen molar-refractivity contribution in [3.8, 4) is 0 Å². The molecule has 0 radical (unpaired) electrons. The number of likely N-dealkylation sites (tertiary alicyclic amines) is 1. The van der Waals surface area contributed by atoms with Crippen molar-refractivity contribution < 1.29 is 14.0 Å². The highest BCUT2D eigenvalue weighted by Crippen LogP contribution is 2.22. The van der Waals surface area contributed by atoms with Gasteiger partial charge in [-0.15, -0.1) is 0 Å². The average Bonchev–Trinajstić information content (AvgIpc) is 3.28. The van der Waals surface area contributed by atoms with Crippen LogP contribution in [0.15, 0.2) is 48.8 Å². The molecule has 2 N–H and O–H groups in total. The molecule has 0 saturated carbocycles. The van der Waals surface area contributed by atoms with Crippen molar-refractivity contribution in [3.63, 3.8) is 0 Å². The third kappa shape index (κ3) is 3.88. The minimum Gasteiger partial charge on any atom is -0.361 e. The van der Waals surface area contributed by atoms with Crippen LogP contribution in [0.1, 0.15) is 17.7 Å². The summed E-state index contributed by atoms with van der Waals surface area (Å²) in [6, 6.07) is 10.2. The molecule has 1 aliphatic rings. The monoisotopic (exact) mass is 380 g/mol. The van der Waals surface area contributed by atoms with E-state index in [1.165, 1.54) is 12.1 Å². The van der Waals surface area contributed by atoms with E-state index in [0.29, 0.717) is 26.1 Å². The van der Waals surface area contributed by atoms with Crippen LogP contribution >= 0.6 is 0 Å². The number of benzene rings is 1. The van der Waals surface area contributed by atoms with E-state index in [2.05, 4.69) is 15.3 Å². The fourth-order valence-electron chi connectivity index (χ4n) is 3.60. The molecule has 3 aromatic rings. The van der Waals surface area contributed by atoms with Gasteiger partial charge < -0.3 is 15.2 Å². The summed E-state index contributed by atoms with van der Waals surface area (Å²) >= 11 is 0. The van der Waals surface area contributed by atoms with E-state index < -0.39 is 0 Å². The summed E-state index contributed by atoms with van der Waals surface area (Å²) < 4.78 is 13.5. The molecule has 3 heterocycles. The number of nitrogens with one attached hydrogen (secondary N) is 2. The number of nitrogens with zero attached hydrogens (tertiary/aromatic N) is 2. The van der Waals surface area contributed by atoms with Gasteiger partial charge in [-0.05, 0) is 42.3 Å². The highest BCUT2D eigenvalue weighted by molar-refractivity contribution is 5.89. The largest absolute Gasteiger partial charge is 0.361 e. The fourth-order valence-corrected chi connectivity index (χ4v) is 3.60. The second-order valence-electron chi connectivity index (χ2n) is 7.03. The summed E-state index contributed by atoms with van der Waals surface area (Å²) in [7, 11) is 0. The number of aromatic amines is 1. The van der Waals surface area contributed by atoms with Gasteiger partial charge in [0.2, 0.25) is 11.8 Å². The molecule has 6 nitrogen and oxygen atoms in total. The first-order chi connectivity index (χ1) is 13.6. The predicted molar refractivity (Wildman–Crippen MR) is 103 cm³/mol. The molecule has 0 aliphatic carbocycles. The smallest absolute Gasteiger partial charge is 0.225 e. The molecule has 1 saturated heterocycles. The zero-order valence-electron chi connectivity index (χ0n) is 15.3. The van der Waals surface area contributed by atoms with E-state index in [0.717, 1.165) is 22.2 Å². The number of amides is 2. The van der Waals surface area contributed by atoms with Crippen LogP contribution in [0, 0.1) is 11.7 Å². The maximum Gasteiger partial charge on any atom is 0.225 e. The van der Waals surface area contributed by atoms with E-state index in [4.69, 9.17) is 0 Å². The van der Waals surface area contributed by atoms with E-state index in [1.54, 1.807) is 17.2 Å². The van der Waals surface area contributed by atoms with E-state index in [-0.39, 0.29) is 30.0 Å². The summed E-state index contributed by atoms with van der Waals surface area (Å²) in [5.41, 5.74) is 2.62. The van der Waals surface area contributed by atoms with E-state index in [1.807, 2.05) is 24.4 Å². The first-order valence-electron chi connectivity index (χ1n) is 9.31. The quantitative estimate of drug-likeness (QED) is 0.689. The molecule has 1 aromatic carbocycles. The maximum absolute atomic E-state index is 13.5. The lowest BCUT2D eigenvalue weighted by molar-refractivity contribution is -0.129. The Balaban J connectivity index is 1.33. The number of rotatable bonds is 6. The second kappa shape index (κ2) is 7.80. The number of carbonyl (C=O) groups is 2. The molecule has 1 aliphatic heterocycles. The van der Waals surface area contributed by atoms with Gasteiger partial charge in [-0.25, -0.2) is 4.39 Å². The van der Waals surface area contributed by atoms with Gasteiger partial charge in [-0.1, -0.05) is 6.07 Å². The molecule has 28 heavy (non-hydrogen) atoms. The Kier molecular flexibility index (Phi) is 5.06. The minimum atomic E-state index is -0.350. The lowest BCUT2D eigenvalue weighted by atomic mass is 10.1. The van der Waals surface area contributed by atoms with Crippen molar-refractivity contribution in [3.05, 3.63) is 65.9 Å². The van der Waals surface area contributed by atoms with Crippen molar-refractivity contribution in [2.24, 2.45) is 5.92 Å². The zero-order chi connectivity index (χ0) is 19.5. The first kappa shape index (κ1) is 18.2. The van der Waals surface area contributed by atoms with Crippen LogP contribution in [0.2, 0.25) is 0 Å². The Morgan fingerprint density at radius 2 is 2.21 bits per heavy atom. The van der Waals surface area contributed by atoms with Gasteiger partial charge in [0.25, 0.3) is 0 Å². The third-order valence-corrected chi connectivity index (χ3v) is 5.14. The summed E-state index contributed by atoms with van der Waals surface area (Å²) in [6.45, 7) is 1.27. The van der Waals surface area contributed by atoms with Crippen LogP contribution in [0.4, 0.5) is 4.39 Å². The summed E-state index contributed by atoms with van der Waals surface area (Å²) in [4.78, 5) is 33.7. The van der Waals surface area contributed by atoms with Crippen LogP contribution in [-0.4, -0.2) is 39.8 Å². The Morgan fingerprint density at radius 1 is 1.32 bits per heavy atom. The Bertz CT molecular complexity index is 1000. The van der Waals surface area contributed by atoms with Crippen LogP contribution in [0.3, 0.4) is 0 Å². The highest BCUT2D eigenvalue weighted by atomic mass is 19.1. The summed E-state index contributed by atoms with van der Waals surface area (Å²) in [6.07, 6.45) is 4.36. The van der Waals surface area contributed by atoms with Crippen LogP contribution < -0.4 is 5.32 Å². The van der Waals surface area contributed by atoms with E-state index in [9.17, 15) is 14.0 Å². The Hall–Kier alpha value is -3.22. The van der Waals surface area contributed by atoms with Gasteiger partial charge in [0.05, 0.1) is 18.2 Å². The Morgan fingerprint density at radius 3 is 3.04 bits per heavy atom. The maximum atomic E-state index is 13.5. The molecule has 144 valence electrons. The van der Waals surface area contributed by atoms with Crippen LogP contribution in [-0.2, 0) is 22.6 Å². The molecule has 2 amide bonds. The normalized spacial score (nSPS) is 16.7. The number of hydrogen-bond acceptors (Lipinski definition) is 3. The molecule has 0 spiro atoms. The third-order valence-electron chi connectivity index (χ3n) is 5.14. The molecule has 7 heteroatoms. The minimum absolute atomic E-state index is 0.0241. The molecule has 1 fully saturated rings. The topological polar surface area (TPSA) is 78.1 Å². The number of H-pyrrole nitrogens is 1. The Labute approximate surface area is 161 Å². The van der Waals surface area contributed by atoms with Gasteiger partial charge in [0.1, 0.15) is 5.82 Å². The van der Waals surface area contributed by atoms with E-state index >= 15 is 0 Å². The van der Waals surface area contributed by atoms with Crippen LogP contribution in [0.25, 0.3) is 10.9 Å². The molecule has 1 atom stereocenters. The number of hydrogen-bond donors (Lipinski definition) is 2. The summed E-state index contributed by atoms with van der Waals surface area (Å²) in [5, 5.41) is 3.68. The fraction of sp³-hybridized carbons (Fsp3) is 0.286. The SMILES string of the molecule is O=C(NCc1ccccn1)[C@@H]1CC(=O)N(CCc2c[nH]c3ccc(F)cc23)C1. The van der Waals surface area contributed by atoms with Gasteiger partial charge in [-0.3, -0.25) is 14.6 Å². The molecular formula is C21H21FN4O2. The standard InChI is InChI=1S/C21H21FN4O2/c22-16-4-5-19-18(10-16)14(11-24-19)6-8-26-13-15(9-20(26)27)21(28)25-12-17-3-1-2-7-23-17/h1-5,7,10-11,15,24H,6,8-9,12-13H2,(H,25,28)/t15-/m1/s1. The molecule has 0 bridgehead atoms. The van der Waals surface area contributed by atoms with Gasteiger partial charge in [0, 0.05) is 42.8 Å². The number of pyridine rings is 1. The van der Waals surface area contributed by atoms with Gasteiger partial charge in [-0.2, -0.15) is 0 Å². The second-order valence-corrected chi connectivity index (χ2v) is 7.03.